The Morgan fingerprint density at radius 1 is 0.255 bits per heavy atom. The number of rotatable bonds is 4. The summed E-state index contributed by atoms with van der Waals surface area (Å²) in [6, 6.07) is 68.9. The molecule has 12 aromatic rings. The predicted molar refractivity (Wildman–Crippen MR) is 219 cm³/mol. The Morgan fingerprint density at radius 3 is 0.843 bits per heavy atom. The van der Waals surface area contributed by atoms with E-state index >= 15 is 0 Å². The fourth-order valence-electron chi connectivity index (χ4n) is 9.71. The van der Waals surface area contributed by atoms with E-state index in [4.69, 9.17) is 0 Å². The van der Waals surface area contributed by atoms with Crippen LogP contribution in [-0.4, -0.2) is 16.9 Å². The molecule has 0 spiro atoms. The van der Waals surface area contributed by atoms with E-state index in [0.29, 0.717) is 0 Å². The van der Waals surface area contributed by atoms with E-state index in [-0.39, 0.29) is 0 Å². The predicted octanol–water partition coefficient (Wildman–Crippen LogP) is 9.36. The van der Waals surface area contributed by atoms with Gasteiger partial charge in [0.25, 0.3) is 0 Å². The Balaban J connectivity index is 1.33. The summed E-state index contributed by atoms with van der Waals surface area (Å²) in [5.41, 5.74) is 7.69. The summed E-state index contributed by atoms with van der Waals surface area (Å²) < 4.78 is 4.98. The number of fused-ring (bicyclic) bond motifs is 12. The summed E-state index contributed by atoms with van der Waals surface area (Å²) in [7, 11) is -2.97. The topological polar surface area (TPSA) is 8.82 Å². The molecule has 3 heteroatoms. The van der Waals surface area contributed by atoms with E-state index in [2.05, 4.69) is 191 Å². The summed E-state index contributed by atoms with van der Waals surface area (Å²) in [6.07, 6.45) is 0. The lowest BCUT2D eigenvalue weighted by Gasteiger charge is -2.35. The van der Waals surface area contributed by atoms with Gasteiger partial charge in [-0.3, -0.25) is 0 Å². The van der Waals surface area contributed by atoms with E-state index in [1.165, 1.54) is 96.9 Å². The molecule has 0 bridgehead atoms. The zero-order valence-corrected chi connectivity index (χ0v) is 28.7. The first-order valence-corrected chi connectivity index (χ1v) is 19.8. The molecule has 0 aliphatic heterocycles. The van der Waals surface area contributed by atoms with Gasteiger partial charge in [0, 0.05) is 43.1 Å². The molecule has 0 atom stereocenters. The molecule has 0 saturated carbocycles. The van der Waals surface area contributed by atoms with E-state index in [1.807, 2.05) is 0 Å². The summed E-state index contributed by atoms with van der Waals surface area (Å²) in [6.45, 7) is 0. The highest BCUT2D eigenvalue weighted by molar-refractivity contribution is 7.20. The summed E-state index contributed by atoms with van der Waals surface area (Å²) >= 11 is 0. The number of nitrogens with zero attached hydrogens (tertiary/aromatic N) is 2. The van der Waals surface area contributed by atoms with Crippen molar-refractivity contribution < 1.29 is 0 Å². The van der Waals surface area contributed by atoms with Gasteiger partial charge < -0.3 is 8.80 Å². The minimum atomic E-state index is -2.97. The van der Waals surface area contributed by atoms with Gasteiger partial charge in [-0.1, -0.05) is 158 Å². The molecule has 51 heavy (non-hydrogen) atoms. The smallest absolute Gasteiger partial charge is 0.179 e. The fourth-order valence-corrected chi connectivity index (χ4v) is 14.5. The van der Waals surface area contributed by atoms with Crippen LogP contribution in [0.4, 0.5) is 0 Å². The highest BCUT2D eigenvalue weighted by Gasteiger charge is 2.43. The summed E-state index contributed by atoms with van der Waals surface area (Å²) in [5.74, 6) is 0. The van der Waals surface area contributed by atoms with Crippen LogP contribution in [-0.2, 0) is 0 Å². The third-order valence-corrected chi connectivity index (χ3v) is 16.4. The van der Waals surface area contributed by atoms with Crippen molar-refractivity contribution in [3.63, 3.8) is 0 Å². The molecule has 0 unspecified atom stereocenters. The lowest BCUT2D eigenvalue weighted by atomic mass is 10.1. The molecule has 0 fully saturated rings. The Morgan fingerprint density at radius 2 is 0.529 bits per heavy atom. The van der Waals surface area contributed by atoms with Crippen molar-refractivity contribution >= 4 is 105 Å². The van der Waals surface area contributed by atoms with Crippen LogP contribution in [0, 0.1) is 0 Å². The molecule has 8 aromatic carbocycles. The van der Waals surface area contributed by atoms with Gasteiger partial charge in [0.1, 0.15) is 0 Å². The lowest BCUT2D eigenvalue weighted by molar-refractivity contribution is 1.37. The van der Waals surface area contributed by atoms with Gasteiger partial charge in [-0.25, -0.2) is 0 Å². The second-order valence-electron chi connectivity index (χ2n) is 14.1. The minimum Gasteiger partial charge on any atom is -0.308 e. The quantitative estimate of drug-likeness (QED) is 0.131. The third-order valence-electron chi connectivity index (χ3n) is 11.7. The van der Waals surface area contributed by atoms with Crippen LogP contribution in [0.2, 0.25) is 0 Å². The number of para-hydroxylation sites is 4. The molecular formula is C48H30N2Si. The van der Waals surface area contributed by atoms with Gasteiger partial charge >= 0.3 is 0 Å². The molecule has 0 saturated heterocycles. The Labute approximate surface area is 294 Å². The number of hydrogen-bond donors (Lipinski definition) is 0. The molecule has 236 valence electrons. The van der Waals surface area contributed by atoms with Crippen LogP contribution < -0.4 is 20.7 Å². The van der Waals surface area contributed by atoms with Crippen LogP contribution in [0.5, 0.6) is 0 Å². The molecular weight excluding hydrogens is 633 g/mol. The number of benzene rings is 8. The van der Waals surface area contributed by atoms with Crippen LogP contribution in [0.25, 0.3) is 76.2 Å². The molecule has 0 amide bonds. The fraction of sp³-hybridized carbons (Fsp3) is 0. The third kappa shape index (κ3) is 3.37. The highest BCUT2D eigenvalue weighted by Crippen LogP contribution is 2.41. The Hall–Kier alpha value is -6.42. The van der Waals surface area contributed by atoms with Crippen molar-refractivity contribution in [3.05, 3.63) is 182 Å². The van der Waals surface area contributed by atoms with E-state index in [0.717, 1.165) is 0 Å². The normalized spacial score (nSPS) is 12.7. The zero-order chi connectivity index (χ0) is 33.3. The van der Waals surface area contributed by atoms with E-state index in [9.17, 15) is 0 Å². The second-order valence-corrected chi connectivity index (χ2v) is 17.9. The maximum absolute atomic E-state index is 2.97. The first-order valence-electron chi connectivity index (χ1n) is 17.8. The molecule has 0 aliphatic carbocycles. The molecule has 4 aromatic heterocycles. The molecule has 12 rings (SSSR count). The average Bonchev–Trinajstić information content (AvgIpc) is 3.93. The van der Waals surface area contributed by atoms with Crippen molar-refractivity contribution in [3.8, 4) is 0 Å². The van der Waals surface area contributed by atoms with E-state index in [1.54, 1.807) is 0 Å². The van der Waals surface area contributed by atoms with Gasteiger partial charge in [0.15, 0.2) is 8.07 Å². The van der Waals surface area contributed by atoms with Crippen molar-refractivity contribution in [2.24, 2.45) is 0 Å². The lowest BCUT2D eigenvalue weighted by Crippen LogP contribution is -2.74. The monoisotopic (exact) mass is 662 g/mol. The Kier molecular flexibility index (Phi) is 5.29. The van der Waals surface area contributed by atoms with Crippen molar-refractivity contribution in [2.75, 3.05) is 0 Å². The first kappa shape index (κ1) is 27.4. The average molecular weight is 663 g/mol. The molecule has 0 aliphatic rings. The van der Waals surface area contributed by atoms with Crippen LogP contribution in [0.15, 0.2) is 182 Å². The van der Waals surface area contributed by atoms with Crippen LogP contribution in [0.1, 0.15) is 0 Å². The van der Waals surface area contributed by atoms with E-state index < -0.39 is 8.07 Å². The van der Waals surface area contributed by atoms with Crippen molar-refractivity contribution in [1.29, 1.82) is 0 Å². The van der Waals surface area contributed by atoms with Gasteiger partial charge in [-0.15, -0.1) is 0 Å². The number of hydrogen-bond acceptors (Lipinski definition) is 0. The van der Waals surface area contributed by atoms with Gasteiger partial charge in [-0.2, -0.15) is 0 Å². The van der Waals surface area contributed by atoms with Gasteiger partial charge in [0.05, 0.1) is 33.1 Å². The standard InChI is InChI=1S/C48H30N2Si/c1-3-15-31(16-4-1)51(32-17-5-2-6-18-32,33-27-39-35-19-7-11-23-43(35)49-44-24-12-8-20-36(44)40(28-33)47(39)49)34-29-41-37-21-9-13-25-45(37)50-46-26-14-10-22-38(46)42(30-34)48(41)50/h1-30H. The zero-order valence-electron chi connectivity index (χ0n) is 27.7. The number of aromatic nitrogens is 2. The SMILES string of the molecule is c1ccc([Si](c2ccccc2)(c2cc3c4ccccc4n4c5ccccc5c(c2)c34)c2cc3c4ccccc4n4c5ccccc5c(c2)c34)cc1. The van der Waals surface area contributed by atoms with Gasteiger partial charge in [-0.05, 0) is 45.0 Å². The first-order chi connectivity index (χ1) is 25.3. The molecule has 0 radical (unpaired) electrons. The van der Waals surface area contributed by atoms with Gasteiger partial charge in [0.2, 0.25) is 0 Å². The maximum Gasteiger partial charge on any atom is 0.179 e. The second kappa shape index (κ2) is 9.84. The van der Waals surface area contributed by atoms with Crippen molar-refractivity contribution in [1.82, 2.24) is 8.80 Å². The Bertz CT molecular complexity index is 2910. The highest BCUT2D eigenvalue weighted by atomic mass is 28.3. The van der Waals surface area contributed by atoms with Crippen LogP contribution >= 0.6 is 0 Å². The molecule has 4 heterocycles. The minimum absolute atomic E-state index is 1.27. The van der Waals surface area contributed by atoms with Crippen molar-refractivity contribution in [2.45, 2.75) is 0 Å². The summed E-state index contributed by atoms with van der Waals surface area (Å²) in [4.78, 5) is 0. The largest absolute Gasteiger partial charge is 0.308 e. The molecule has 0 N–H and O–H groups in total. The molecule has 2 nitrogen and oxygen atoms in total. The summed E-state index contributed by atoms with van der Waals surface area (Å²) in [5, 5.41) is 16.1. The maximum atomic E-state index is 2.57. The van der Waals surface area contributed by atoms with Crippen LogP contribution in [0.3, 0.4) is 0 Å².